The molecule has 0 saturated carbocycles. The predicted molar refractivity (Wildman–Crippen MR) is 116 cm³/mol. The zero-order valence-electron chi connectivity index (χ0n) is 19.5. The van der Waals surface area contributed by atoms with Gasteiger partial charge in [-0.25, -0.2) is 0 Å². The van der Waals surface area contributed by atoms with E-state index in [0.717, 1.165) is 12.0 Å². The maximum atomic E-state index is 6.52. The van der Waals surface area contributed by atoms with Crippen LogP contribution in [0.2, 0.25) is 0 Å². The first kappa shape index (κ1) is 23.6. The third-order valence-electron chi connectivity index (χ3n) is 6.54. The lowest BCUT2D eigenvalue weighted by atomic mass is 9.88. The minimum absolute atomic E-state index is 0.000844. The summed E-state index contributed by atoms with van der Waals surface area (Å²) in [7, 11) is 5.94. The van der Waals surface area contributed by atoms with Gasteiger partial charge in [0.25, 0.3) is 0 Å². The highest BCUT2D eigenvalue weighted by molar-refractivity contribution is 5.13. The molecule has 0 aromatic heterocycles. The van der Waals surface area contributed by atoms with Gasteiger partial charge in [0.15, 0.2) is 6.29 Å². The highest BCUT2D eigenvalue weighted by Crippen LogP contribution is 2.37. The van der Waals surface area contributed by atoms with Crippen LogP contribution in [0.3, 0.4) is 0 Å². The number of ether oxygens (including phenoxy) is 5. The van der Waals surface area contributed by atoms with Crippen LogP contribution in [0.1, 0.15) is 46.1 Å². The summed E-state index contributed by atoms with van der Waals surface area (Å²) < 4.78 is 31.1. The monoisotopic (exact) mass is 421 g/mol. The lowest BCUT2D eigenvalue weighted by Crippen LogP contribution is -2.60. The standard InChI is InChI=1S/C24H39NO5/c1-16-13-20(25(5)6)22(17(2)28-16)30-21-14-24(4,26-7)23(18(3)29-21)27-15-19-11-9-8-10-12-19/h8-12,16-18,20-23H,13-15H2,1-7H3/t16-,17+,18+,20+,21?,22+,23-,24-/m1/s1. The van der Waals surface area contributed by atoms with Gasteiger partial charge in [-0.15, -0.1) is 0 Å². The summed E-state index contributed by atoms with van der Waals surface area (Å²) in [5.74, 6) is 0. The van der Waals surface area contributed by atoms with Crippen LogP contribution in [0.25, 0.3) is 0 Å². The number of hydrogen-bond donors (Lipinski definition) is 0. The van der Waals surface area contributed by atoms with E-state index in [9.17, 15) is 0 Å². The Bertz CT molecular complexity index is 656. The molecule has 8 atom stereocenters. The van der Waals surface area contributed by atoms with E-state index in [4.69, 9.17) is 23.7 Å². The van der Waals surface area contributed by atoms with Crippen LogP contribution in [0.5, 0.6) is 0 Å². The highest BCUT2D eigenvalue weighted by Gasteiger charge is 2.49. The van der Waals surface area contributed by atoms with Gasteiger partial charge in [-0.1, -0.05) is 30.3 Å². The maximum absolute atomic E-state index is 6.52. The summed E-state index contributed by atoms with van der Waals surface area (Å²) in [4.78, 5) is 2.23. The maximum Gasteiger partial charge on any atom is 0.161 e. The van der Waals surface area contributed by atoms with E-state index >= 15 is 0 Å². The molecule has 6 heteroatoms. The van der Waals surface area contributed by atoms with Gasteiger partial charge in [-0.2, -0.15) is 0 Å². The molecule has 1 unspecified atom stereocenters. The van der Waals surface area contributed by atoms with Gasteiger partial charge in [-0.3, -0.25) is 0 Å². The van der Waals surface area contributed by atoms with Crippen molar-refractivity contribution in [3.63, 3.8) is 0 Å². The van der Waals surface area contributed by atoms with Crippen molar-refractivity contribution >= 4 is 0 Å². The van der Waals surface area contributed by atoms with Crippen LogP contribution in [0, 0.1) is 0 Å². The number of methoxy groups -OCH3 is 1. The molecular formula is C24H39NO5. The zero-order chi connectivity index (χ0) is 21.9. The van der Waals surface area contributed by atoms with Gasteiger partial charge in [0.1, 0.15) is 12.2 Å². The van der Waals surface area contributed by atoms with Crippen molar-refractivity contribution in [1.29, 1.82) is 0 Å². The van der Waals surface area contributed by atoms with Gasteiger partial charge in [0, 0.05) is 19.6 Å². The topological polar surface area (TPSA) is 49.4 Å². The summed E-state index contributed by atoms with van der Waals surface area (Å²) in [6.45, 7) is 8.86. The van der Waals surface area contributed by atoms with Gasteiger partial charge in [0.05, 0.1) is 30.5 Å². The van der Waals surface area contributed by atoms with Gasteiger partial charge < -0.3 is 28.6 Å². The van der Waals surface area contributed by atoms with Crippen molar-refractivity contribution in [1.82, 2.24) is 4.90 Å². The normalized spacial score (nSPS) is 39.9. The number of benzene rings is 1. The van der Waals surface area contributed by atoms with E-state index in [1.807, 2.05) is 25.1 Å². The average Bonchev–Trinajstić information content (AvgIpc) is 2.70. The van der Waals surface area contributed by atoms with Crippen molar-refractivity contribution in [3.05, 3.63) is 35.9 Å². The summed E-state index contributed by atoms with van der Waals surface area (Å²) in [6.07, 6.45) is 0.992. The number of nitrogens with zero attached hydrogens (tertiary/aromatic N) is 1. The van der Waals surface area contributed by atoms with Crippen LogP contribution in [-0.4, -0.2) is 74.6 Å². The Balaban J connectivity index is 1.67. The Morgan fingerprint density at radius 3 is 2.40 bits per heavy atom. The molecule has 2 heterocycles. The number of rotatable bonds is 7. The minimum atomic E-state index is -0.503. The molecule has 2 aliphatic rings. The summed E-state index contributed by atoms with van der Waals surface area (Å²) in [5, 5.41) is 0. The zero-order valence-corrected chi connectivity index (χ0v) is 19.5. The van der Waals surface area contributed by atoms with Crippen molar-refractivity contribution in [2.75, 3.05) is 21.2 Å². The Morgan fingerprint density at radius 2 is 1.77 bits per heavy atom. The molecule has 6 nitrogen and oxygen atoms in total. The number of hydrogen-bond acceptors (Lipinski definition) is 6. The molecule has 3 rings (SSSR count). The third kappa shape index (κ3) is 5.42. The molecule has 170 valence electrons. The highest BCUT2D eigenvalue weighted by atomic mass is 16.7. The van der Waals surface area contributed by atoms with Gasteiger partial charge >= 0.3 is 0 Å². The summed E-state index contributed by atoms with van der Waals surface area (Å²) in [6, 6.07) is 10.5. The van der Waals surface area contributed by atoms with Crippen LogP contribution in [-0.2, 0) is 30.3 Å². The van der Waals surface area contributed by atoms with Gasteiger partial charge in [-0.05, 0) is 53.8 Å². The Hall–Kier alpha value is -1.02. The van der Waals surface area contributed by atoms with Crippen LogP contribution < -0.4 is 0 Å². The molecule has 0 amide bonds. The fourth-order valence-corrected chi connectivity index (χ4v) is 4.82. The Labute approximate surface area is 181 Å². The van der Waals surface area contributed by atoms with Crippen molar-refractivity contribution in [2.45, 2.75) is 95.6 Å². The van der Waals surface area contributed by atoms with Crippen molar-refractivity contribution in [3.8, 4) is 0 Å². The quantitative estimate of drug-likeness (QED) is 0.670. The van der Waals surface area contributed by atoms with Crippen molar-refractivity contribution in [2.24, 2.45) is 0 Å². The second-order valence-electron chi connectivity index (χ2n) is 9.23. The fraction of sp³-hybridized carbons (Fsp3) is 0.750. The largest absolute Gasteiger partial charge is 0.376 e. The van der Waals surface area contributed by atoms with E-state index in [0.29, 0.717) is 13.0 Å². The van der Waals surface area contributed by atoms with E-state index < -0.39 is 5.60 Å². The molecule has 0 aliphatic carbocycles. The number of likely N-dealkylation sites (N-methyl/N-ethyl adjacent to an activating group) is 1. The van der Waals surface area contributed by atoms with E-state index in [2.05, 4.69) is 51.9 Å². The first-order chi connectivity index (χ1) is 14.2. The molecule has 0 radical (unpaired) electrons. The second-order valence-corrected chi connectivity index (χ2v) is 9.23. The fourth-order valence-electron chi connectivity index (χ4n) is 4.82. The van der Waals surface area contributed by atoms with Crippen LogP contribution >= 0.6 is 0 Å². The predicted octanol–water partition coefficient (Wildman–Crippen LogP) is 3.62. The van der Waals surface area contributed by atoms with Crippen molar-refractivity contribution < 1.29 is 23.7 Å². The third-order valence-corrected chi connectivity index (χ3v) is 6.54. The van der Waals surface area contributed by atoms with Crippen LogP contribution in [0.4, 0.5) is 0 Å². The summed E-state index contributed by atoms with van der Waals surface area (Å²) >= 11 is 0. The molecule has 1 aromatic carbocycles. The smallest absolute Gasteiger partial charge is 0.161 e. The molecule has 0 N–H and O–H groups in total. The minimum Gasteiger partial charge on any atom is -0.376 e. The van der Waals surface area contributed by atoms with E-state index in [-0.39, 0.29) is 42.9 Å². The van der Waals surface area contributed by atoms with Crippen LogP contribution in [0.15, 0.2) is 30.3 Å². The lowest BCUT2D eigenvalue weighted by molar-refractivity contribution is -0.313. The molecule has 1 aromatic rings. The first-order valence-electron chi connectivity index (χ1n) is 11.1. The average molecular weight is 422 g/mol. The molecule has 0 bridgehead atoms. The molecule has 2 saturated heterocycles. The second kappa shape index (κ2) is 10.1. The van der Waals surface area contributed by atoms with E-state index in [1.165, 1.54) is 0 Å². The Kier molecular flexibility index (Phi) is 7.93. The Morgan fingerprint density at radius 1 is 1.07 bits per heavy atom. The molecular weight excluding hydrogens is 382 g/mol. The van der Waals surface area contributed by atoms with E-state index in [1.54, 1.807) is 7.11 Å². The van der Waals surface area contributed by atoms with Gasteiger partial charge in [0.2, 0.25) is 0 Å². The molecule has 30 heavy (non-hydrogen) atoms. The first-order valence-corrected chi connectivity index (χ1v) is 11.1. The molecule has 2 aliphatic heterocycles. The molecule has 2 fully saturated rings. The SMILES string of the molecule is CO[C@]1(C)CC(O[C@H]2[C@H](C)O[C@H](C)C[C@@H]2N(C)C)O[C@@H](C)[C@H]1OCc1ccccc1. The summed E-state index contributed by atoms with van der Waals surface area (Å²) in [5.41, 5.74) is 0.634. The lowest BCUT2D eigenvalue weighted by Gasteiger charge is -2.49. The molecule has 0 spiro atoms.